The number of carbonyl (C=O) groups excluding carboxylic acids is 1. The third kappa shape index (κ3) is 4.01. The lowest BCUT2D eigenvalue weighted by molar-refractivity contribution is -0.118. The number of hydrogen-bond acceptors (Lipinski definition) is 4. The molecule has 1 amide bonds. The van der Waals surface area contributed by atoms with E-state index in [0.29, 0.717) is 11.8 Å². The van der Waals surface area contributed by atoms with Crippen LogP contribution in [0.5, 0.6) is 0 Å². The molecule has 1 aromatic heterocycles. The fraction of sp³-hybridized carbons (Fsp3) is 0.750. The lowest BCUT2D eigenvalue weighted by Crippen LogP contribution is -2.26. The second-order valence-electron chi connectivity index (χ2n) is 4.60. The van der Waals surface area contributed by atoms with E-state index >= 15 is 0 Å². The second-order valence-corrected chi connectivity index (χ2v) is 5.54. The lowest BCUT2D eigenvalue weighted by atomic mass is 10.2. The highest BCUT2D eigenvalue weighted by Gasteiger charge is 2.26. The van der Waals surface area contributed by atoms with Crippen LogP contribution in [0.2, 0.25) is 0 Å². The molecule has 0 unspecified atom stereocenters. The number of unbranched alkanes of at least 4 members (excludes halogenated alkanes) is 2. The van der Waals surface area contributed by atoms with Crippen LogP contribution in [0, 0.1) is 0 Å². The first-order chi connectivity index (χ1) is 8.81. The molecule has 0 atom stereocenters. The van der Waals surface area contributed by atoms with Crippen molar-refractivity contribution in [2.24, 2.45) is 0 Å². The summed E-state index contributed by atoms with van der Waals surface area (Å²) in [5, 5.41) is 11.8. The van der Waals surface area contributed by atoms with E-state index in [9.17, 15) is 4.79 Å². The van der Waals surface area contributed by atoms with Crippen LogP contribution in [0.1, 0.15) is 45.1 Å². The molecule has 0 saturated heterocycles. The Bertz CT molecular complexity index is 389. The van der Waals surface area contributed by atoms with Crippen LogP contribution in [-0.4, -0.2) is 33.0 Å². The third-order valence-electron chi connectivity index (χ3n) is 2.92. The van der Waals surface area contributed by atoms with Gasteiger partial charge in [0.25, 0.3) is 0 Å². The van der Waals surface area contributed by atoms with Gasteiger partial charge in [-0.2, -0.15) is 0 Å². The Morgan fingerprint density at radius 3 is 3.11 bits per heavy atom. The minimum absolute atomic E-state index is 0.0847. The van der Waals surface area contributed by atoms with E-state index in [1.807, 2.05) is 0 Å². The highest BCUT2D eigenvalue weighted by Crippen LogP contribution is 2.37. The monoisotopic (exact) mass is 268 g/mol. The van der Waals surface area contributed by atoms with E-state index in [1.165, 1.54) is 37.4 Å². The minimum atomic E-state index is 0.0847. The van der Waals surface area contributed by atoms with Crippen LogP contribution in [-0.2, 0) is 4.79 Å². The molecule has 2 rings (SSSR count). The highest BCUT2D eigenvalue weighted by molar-refractivity contribution is 7.99. The Balaban J connectivity index is 1.67. The number of nitrogens with zero attached hydrogens (tertiary/aromatic N) is 3. The van der Waals surface area contributed by atoms with Crippen molar-refractivity contribution in [3.8, 4) is 0 Å². The Morgan fingerprint density at radius 1 is 1.56 bits per heavy atom. The Morgan fingerprint density at radius 2 is 2.39 bits per heavy atom. The molecule has 1 aromatic rings. The second kappa shape index (κ2) is 6.78. The predicted molar refractivity (Wildman–Crippen MR) is 71.6 cm³/mol. The molecule has 100 valence electrons. The van der Waals surface area contributed by atoms with Gasteiger partial charge in [-0.25, -0.2) is 0 Å². The summed E-state index contributed by atoms with van der Waals surface area (Å²) in [6, 6.07) is 0.565. The van der Waals surface area contributed by atoms with E-state index in [1.54, 1.807) is 6.33 Å². The quantitative estimate of drug-likeness (QED) is 0.579. The molecule has 0 radical (unpaired) electrons. The number of rotatable bonds is 8. The first kappa shape index (κ1) is 13.4. The maximum Gasteiger partial charge on any atom is 0.230 e. The molecule has 1 N–H and O–H groups in total. The van der Waals surface area contributed by atoms with Gasteiger partial charge < -0.3 is 9.88 Å². The molecule has 0 bridgehead atoms. The number of hydrogen-bond donors (Lipinski definition) is 1. The van der Waals surface area contributed by atoms with Crippen molar-refractivity contribution in [3.05, 3.63) is 6.33 Å². The molecule has 1 fully saturated rings. The summed E-state index contributed by atoms with van der Waals surface area (Å²) in [6.07, 6.45) is 7.58. The van der Waals surface area contributed by atoms with Gasteiger partial charge in [0.1, 0.15) is 6.33 Å². The van der Waals surface area contributed by atoms with E-state index in [4.69, 9.17) is 0 Å². The summed E-state index contributed by atoms with van der Waals surface area (Å²) in [6.45, 7) is 2.94. The fourth-order valence-corrected chi connectivity index (χ4v) is 2.53. The van der Waals surface area contributed by atoms with Gasteiger partial charge in [0.05, 0.1) is 5.75 Å². The van der Waals surface area contributed by atoms with E-state index in [0.717, 1.165) is 18.1 Å². The van der Waals surface area contributed by atoms with Crippen molar-refractivity contribution in [3.63, 3.8) is 0 Å². The van der Waals surface area contributed by atoms with Gasteiger partial charge in [-0.05, 0) is 19.3 Å². The number of thioether (sulfide) groups is 1. The maximum atomic E-state index is 11.6. The van der Waals surface area contributed by atoms with Gasteiger partial charge in [0, 0.05) is 12.6 Å². The lowest BCUT2D eigenvalue weighted by Gasteiger charge is -2.05. The number of amides is 1. The standard InChI is InChI=1S/C12H20N4OS/c1-2-3-4-7-13-11(17)8-18-12-15-14-9-16(12)10-5-6-10/h9-10H,2-8H2,1H3,(H,13,17). The van der Waals surface area contributed by atoms with E-state index < -0.39 is 0 Å². The molecule has 0 aromatic carbocycles. The zero-order chi connectivity index (χ0) is 12.8. The number of nitrogens with one attached hydrogen (secondary N) is 1. The van der Waals surface area contributed by atoms with Crippen molar-refractivity contribution in [2.45, 2.75) is 50.2 Å². The van der Waals surface area contributed by atoms with Crippen LogP contribution in [0.15, 0.2) is 11.5 Å². The molecule has 0 aliphatic heterocycles. The molecule has 5 nitrogen and oxygen atoms in total. The SMILES string of the molecule is CCCCCNC(=O)CSc1nncn1C1CC1. The average Bonchev–Trinajstić information content (AvgIpc) is 3.11. The zero-order valence-corrected chi connectivity index (χ0v) is 11.6. The molecule has 18 heavy (non-hydrogen) atoms. The number of aromatic nitrogens is 3. The number of carbonyl (C=O) groups is 1. The first-order valence-electron chi connectivity index (χ1n) is 6.60. The molecular weight excluding hydrogens is 248 g/mol. The van der Waals surface area contributed by atoms with Crippen LogP contribution < -0.4 is 5.32 Å². The minimum Gasteiger partial charge on any atom is -0.355 e. The molecule has 6 heteroatoms. The molecule has 1 saturated carbocycles. The topological polar surface area (TPSA) is 59.8 Å². The Labute approximate surface area is 112 Å². The summed E-state index contributed by atoms with van der Waals surface area (Å²) < 4.78 is 2.08. The van der Waals surface area contributed by atoms with Gasteiger partial charge in [0.15, 0.2) is 5.16 Å². The van der Waals surface area contributed by atoms with Crippen LogP contribution in [0.25, 0.3) is 0 Å². The van der Waals surface area contributed by atoms with E-state index in [2.05, 4.69) is 27.0 Å². The van der Waals surface area contributed by atoms with E-state index in [-0.39, 0.29) is 5.91 Å². The smallest absolute Gasteiger partial charge is 0.230 e. The van der Waals surface area contributed by atoms with Crippen LogP contribution in [0.3, 0.4) is 0 Å². The van der Waals surface area contributed by atoms with Crippen molar-refractivity contribution >= 4 is 17.7 Å². The first-order valence-corrected chi connectivity index (χ1v) is 7.59. The highest BCUT2D eigenvalue weighted by atomic mass is 32.2. The van der Waals surface area contributed by atoms with Crippen molar-refractivity contribution in [1.29, 1.82) is 0 Å². The normalized spacial score (nSPS) is 14.7. The van der Waals surface area contributed by atoms with Crippen molar-refractivity contribution in [1.82, 2.24) is 20.1 Å². The summed E-state index contributed by atoms with van der Waals surface area (Å²) >= 11 is 1.47. The average molecular weight is 268 g/mol. The summed E-state index contributed by atoms with van der Waals surface area (Å²) in [5.74, 6) is 0.513. The predicted octanol–water partition coefficient (Wildman–Crippen LogP) is 2.01. The van der Waals surface area contributed by atoms with Gasteiger partial charge in [-0.3, -0.25) is 4.79 Å². The Hall–Kier alpha value is -1.04. The van der Waals surface area contributed by atoms with Crippen molar-refractivity contribution < 1.29 is 4.79 Å². The fourth-order valence-electron chi connectivity index (χ4n) is 1.72. The largest absolute Gasteiger partial charge is 0.355 e. The van der Waals surface area contributed by atoms with Crippen molar-refractivity contribution in [2.75, 3.05) is 12.3 Å². The zero-order valence-electron chi connectivity index (χ0n) is 10.8. The van der Waals surface area contributed by atoms with Gasteiger partial charge in [0.2, 0.25) is 5.91 Å². The van der Waals surface area contributed by atoms with Gasteiger partial charge >= 0.3 is 0 Å². The van der Waals surface area contributed by atoms with Crippen LogP contribution >= 0.6 is 11.8 Å². The third-order valence-corrected chi connectivity index (χ3v) is 3.87. The summed E-state index contributed by atoms with van der Waals surface area (Å²) in [4.78, 5) is 11.6. The summed E-state index contributed by atoms with van der Waals surface area (Å²) in [7, 11) is 0. The maximum absolute atomic E-state index is 11.6. The molecule has 1 heterocycles. The molecule has 0 spiro atoms. The van der Waals surface area contributed by atoms with Crippen LogP contribution in [0.4, 0.5) is 0 Å². The Kier molecular flexibility index (Phi) is 5.04. The molecular formula is C12H20N4OS. The van der Waals surface area contributed by atoms with Gasteiger partial charge in [-0.15, -0.1) is 10.2 Å². The molecule has 1 aliphatic carbocycles. The summed E-state index contributed by atoms with van der Waals surface area (Å²) in [5.41, 5.74) is 0. The van der Waals surface area contributed by atoms with Gasteiger partial charge in [-0.1, -0.05) is 31.5 Å². The molecule has 1 aliphatic rings.